The number of allylic oxidation sites excluding steroid dienone is 4. The first kappa shape index (κ1) is 8.86. The number of ether oxygens (including phenoxy) is 1. The molecule has 0 fully saturated rings. The molecule has 1 heteroatoms. The molecule has 0 saturated heterocycles. The highest BCUT2D eigenvalue weighted by molar-refractivity contribution is 5.11. The van der Waals surface area contributed by atoms with Gasteiger partial charge in [0.15, 0.2) is 0 Å². The molecule has 72 valence electrons. The Labute approximate surface area is 80.5 Å². The van der Waals surface area contributed by atoms with E-state index in [1.165, 1.54) is 24.4 Å². The summed E-state index contributed by atoms with van der Waals surface area (Å²) < 4.78 is 5.84. The Morgan fingerprint density at radius 1 is 1.00 bits per heavy atom. The van der Waals surface area contributed by atoms with E-state index in [0.29, 0.717) is 0 Å². The lowest BCUT2D eigenvalue weighted by atomic mass is 10.2. The van der Waals surface area contributed by atoms with Gasteiger partial charge in [-0.25, -0.2) is 0 Å². The molecule has 0 heterocycles. The Morgan fingerprint density at radius 3 is 1.77 bits per heavy atom. The van der Waals surface area contributed by atoms with E-state index in [1.54, 1.807) is 0 Å². The summed E-state index contributed by atoms with van der Waals surface area (Å²) in [5.41, 5.74) is 0. The van der Waals surface area contributed by atoms with Crippen LogP contribution in [0.5, 0.6) is 0 Å². The van der Waals surface area contributed by atoms with Gasteiger partial charge in [-0.1, -0.05) is 13.8 Å². The molecule has 0 aromatic rings. The third-order valence-electron chi connectivity index (χ3n) is 2.90. The van der Waals surface area contributed by atoms with Gasteiger partial charge in [0.1, 0.15) is 0 Å². The highest BCUT2D eigenvalue weighted by Crippen LogP contribution is 2.31. The van der Waals surface area contributed by atoms with E-state index < -0.39 is 0 Å². The normalized spacial score (nSPS) is 33.1. The van der Waals surface area contributed by atoms with Gasteiger partial charge in [-0.15, -0.1) is 0 Å². The molecule has 2 aliphatic rings. The van der Waals surface area contributed by atoms with Crippen LogP contribution in [-0.2, 0) is 4.74 Å². The minimum atomic E-state index is 0.717. The molecule has 2 unspecified atom stereocenters. The van der Waals surface area contributed by atoms with Gasteiger partial charge in [0.2, 0.25) is 0 Å². The lowest BCUT2D eigenvalue weighted by molar-refractivity contribution is 0.287. The zero-order valence-corrected chi connectivity index (χ0v) is 8.55. The molecule has 2 rings (SSSR count). The van der Waals surface area contributed by atoms with Crippen molar-refractivity contribution in [3.63, 3.8) is 0 Å². The van der Waals surface area contributed by atoms with E-state index in [0.717, 1.165) is 24.7 Å². The van der Waals surface area contributed by atoms with E-state index in [2.05, 4.69) is 26.0 Å². The minimum absolute atomic E-state index is 0.717. The number of hydrogen-bond acceptors (Lipinski definition) is 1. The lowest BCUT2D eigenvalue weighted by Crippen LogP contribution is -1.87. The summed E-state index contributed by atoms with van der Waals surface area (Å²) in [5.74, 6) is 3.84. The fourth-order valence-electron chi connectivity index (χ4n) is 2.05. The maximum absolute atomic E-state index is 5.84. The first-order valence-corrected chi connectivity index (χ1v) is 5.33. The fourth-order valence-corrected chi connectivity index (χ4v) is 2.05. The van der Waals surface area contributed by atoms with E-state index >= 15 is 0 Å². The van der Waals surface area contributed by atoms with Gasteiger partial charge in [-0.05, 0) is 36.8 Å². The molecule has 13 heavy (non-hydrogen) atoms. The summed E-state index contributed by atoms with van der Waals surface area (Å²) in [7, 11) is 0. The van der Waals surface area contributed by atoms with Crippen molar-refractivity contribution < 1.29 is 4.74 Å². The Hall–Kier alpha value is -0.720. The quantitative estimate of drug-likeness (QED) is 0.627. The van der Waals surface area contributed by atoms with E-state index in [1.807, 2.05) is 0 Å². The van der Waals surface area contributed by atoms with E-state index in [-0.39, 0.29) is 0 Å². The molecule has 0 N–H and O–H groups in total. The predicted octanol–water partition coefficient (Wildman–Crippen LogP) is 3.63. The minimum Gasteiger partial charge on any atom is -0.467 e. The first-order chi connectivity index (χ1) is 6.24. The molecule has 2 aliphatic carbocycles. The van der Waals surface area contributed by atoms with Crippen molar-refractivity contribution in [2.75, 3.05) is 0 Å². The number of hydrogen-bond donors (Lipinski definition) is 0. The van der Waals surface area contributed by atoms with Crippen LogP contribution < -0.4 is 0 Å². The van der Waals surface area contributed by atoms with Crippen molar-refractivity contribution in [1.29, 1.82) is 0 Å². The second kappa shape index (κ2) is 3.57. The molecule has 0 spiro atoms. The molecule has 1 nitrogen and oxygen atoms in total. The zero-order valence-electron chi connectivity index (χ0n) is 8.55. The zero-order chi connectivity index (χ0) is 9.26. The molecule has 0 aromatic carbocycles. The molecule has 0 bridgehead atoms. The average molecular weight is 178 g/mol. The standard InChI is InChI=1S/C12H18O/c1-9-3-5-11(7-9)13-12-6-4-10(2)8-12/h7-10H,3-6H2,1-2H3. The molecule has 0 aromatic heterocycles. The van der Waals surface area contributed by atoms with E-state index in [9.17, 15) is 0 Å². The molecule has 0 saturated carbocycles. The summed E-state index contributed by atoms with van der Waals surface area (Å²) >= 11 is 0. The molecule has 0 radical (unpaired) electrons. The van der Waals surface area contributed by atoms with Crippen LogP contribution in [0.15, 0.2) is 23.7 Å². The largest absolute Gasteiger partial charge is 0.467 e. The van der Waals surface area contributed by atoms with Gasteiger partial charge in [-0.3, -0.25) is 0 Å². The molecule has 0 amide bonds. The van der Waals surface area contributed by atoms with Crippen LogP contribution in [0.25, 0.3) is 0 Å². The van der Waals surface area contributed by atoms with Crippen molar-refractivity contribution in [3.8, 4) is 0 Å². The molecule has 0 aliphatic heterocycles. The van der Waals surface area contributed by atoms with Gasteiger partial charge in [0.05, 0.1) is 11.5 Å². The smallest absolute Gasteiger partial charge is 0.0999 e. The van der Waals surface area contributed by atoms with Crippen LogP contribution in [0.3, 0.4) is 0 Å². The highest BCUT2D eigenvalue weighted by Gasteiger charge is 2.17. The first-order valence-electron chi connectivity index (χ1n) is 5.33. The summed E-state index contributed by atoms with van der Waals surface area (Å²) in [6.45, 7) is 4.50. The summed E-state index contributed by atoms with van der Waals surface area (Å²) in [6, 6.07) is 0. The predicted molar refractivity (Wildman–Crippen MR) is 54.0 cm³/mol. The van der Waals surface area contributed by atoms with Crippen molar-refractivity contribution in [1.82, 2.24) is 0 Å². The monoisotopic (exact) mass is 178 g/mol. The van der Waals surface area contributed by atoms with Gasteiger partial charge in [-0.2, -0.15) is 0 Å². The summed E-state index contributed by atoms with van der Waals surface area (Å²) in [5, 5.41) is 0. The topological polar surface area (TPSA) is 9.23 Å². The Balaban J connectivity index is 1.92. The average Bonchev–Trinajstić information content (AvgIpc) is 2.62. The van der Waals surface area contributed by atoms with Crippen LogP contribution in [0.1, 0.15) is 39.5 Å². The van der Waals surface area contributed by atoms with Crippen molar-refractivity contribution in [2.24, 2.45) is 11.8 Å². The van der Waals surface area contributed by atoms with Gasteiger partial charge in [0, 0.05) is 12.8 Å². The van der Waals surface area contributed by atoms with Gasteiger partial charge >= 0.3 is 0 Å². The van der Waals surface area contributed by atoms with E-state index in [4.69, 9.17) is 4.74 Å². The Bertz CT molecular complexity index is 224. The number of rotatable bonds is 2. The maximum Gasteiger partial charge on any atom is 0.0999 e. The highest BCUT2D eigenvalue weighted by atomic mass is 16.5. The van der Waals surface area contributed by atoms with Crippen molar-refractivity contribution >= 4 is 0 Å². The summed E-state index contributed by atoms with van der Waals surface area (Å²) in [4.78, 5) is 0. The van der Waals surface area contributed by atoms with Crippen LogP contribution >= 0.6 is 0 Å². The van der Waals surface area contributed by atoms with Crippen LogP contribution in [0.4, 0.5) is 0 Å². The third kappa shape index (κ3) is 2.15. The SMILES string of the molecule is CC1C=C(OC2=CC(C)CC2)CC1. The van der Waals surface area contributed by atoms with Gasteiger partial charge < -0.3 is 4.74 Å². The lowest BCUT2D eigenvalue weighted by Gasteiger charge is -2.05. The molecular weight excluding hydrogens is 160 g/mol. The second-order valence-electron chi connectivity index (χ2n) is 4.40. The third-order valence-corrected chi connectivity index (χ3v) is 2.90. The maximum atomic E-state index is 5.84. The van der Waals surface area contributed by atoms with Crippen LogP contribution in [0.2, 0.25) is 0 Å². The van der Waals surface area contributed by atoms with Crippen LogP contribution in [-0.4, -0.2) is 0 Å². The van der Waals surface area contributed by atoms with Crippen molar-refractivity contribution in [3.05, 3.63) is 23.7 Å². The summed E-state index contributed by atoms with van der Waals surface area (Å²) in [6.07, 6.45) is 9.32. The Morgan fingerprint density at radius 2 is 1.46 bits per heavy atom. The fraction of sp³-hybridized carbons (Fsp3) is 0.667. The molecular formula is C12H18O. The molecule has 2 atom stereocenters. The van der Waals surface area contributed by atoms with Crippen molar-refractivity contribution in [2.45, 2.75) is 39.5 Å². The van der Waals surface area contributed by atoms with Gasteiger partial charge in [0.25, 0.3) is 0 Å². The Kier molecular flexibility index (Phi) is 2.43. The second-order valence-corrected chi connectivity index (χ2v) is 4.40. The van der Waals surface area contributed by atoms with Crippen LogP contribution in [0, 0.1) is 11.8 Å².